The second-order valence-corrected chi connectivity index (χ2v) is 12.1. The summed E-state index contributed by atoms with van der Waals surface area (Å²) in [4.78, 5) is 2.38. The Bertz CT molecular complexity index is 2450. The molecule has 9 rings (SSSR count). The van der Waals surface area contributed by atoms with Gasteiger partial charge in [-0.05, 0) is 83.6 Å². The lowest BCUT2D eigenvalue weighted by Crippen LogP contribution is -2.09. The Morgan fingerprint density at radius 1 is 0.419 bits per heavy atom. The van der Waals surface area contributed by atoms with Gasteiger partial charge in [-0.25, -0.2) is 0 Å². The Hall–Kier alpha value is -5.38. The molecule has 0 amide bonds. The number of hydrogen-bond donors (Lipinski definition) is 0. The molecular formula is C40H26N2S. The molecule has 9 aromatic rings. The van der Waals surface area contributed by atoms with Crippen LogP contribution in [-0.2, 0) is 0 Å². The van der Waals surface area contributed by atoms with Crippen LogP contribution in [0.5, 0.6) is 0 Å². The monoisotopic (exact) mass is 566 g/mol. The maximum atomic E-state index is 2.42. The van der Waals surface area contributed by atoms with Crippen LogP contribution in [0.4, 0.5) is 17.1 Å². The summed E-state index contributed by atoms with van der Waals surface area (Å²) in [5.74, 6) is 0. The van der Waals surface area contributed by atoms with Crippen molar-refractivity contribution in [2.45, 2.75) is 0 Å². The number of para-hydroxylation sites is 2. The Balaban J connectivity index is 1.39. The predicted octanol–water partition coefficient (Wildman–Crippen LogP) is 11.8. The lowest BCUT2D eigenvalue weighted by Gasteiger charge is -2.26. The van der Waals surface area contributed by atoms with E-state index < -0.39 is 0 Å². The minimum absolute atomic E-state index is 1.13. The SMILES string of the molecule is c1ccc(N(c2ccc3ccccc3c2)c2ccc3c(c2)c2c4c(ccc2n3-c2ccccc2)sc2ccccc24)cc1. The fraction of sp³-hybridized carbons (Fsp3) is 0. The molecule has 0 unspecified atom stereocenters. The third-order valence-electron chi connectivity index (χ3n) is 8.53. The topological polar surface area (TPSA) is 8.17 Å². The van der Waals surface area contributed by atoms with Gasteiger partial charge in [0.25, 0.3) is 0 Å². The van der Waals surface area contributed by atoms with Gasteiger partial charge < -0.3 is 9.47 Å². The van der Waals surface area contributed by atoms with Gasteiger partial charge in [-0.15, -0.1) is 11.3 Å². The molecule has 0 aliphatic rings. The highest BCUT2D eigenvalue weighted by Gasteiger charge is 2.20. The molecule has 0 fully saturated rings. The van der Waals surface area contributed by atoms with Gasteiger partial charge in [0.05, 0.1) is 11.0 Å². The van der Waals surface area contributed by atoms with Crippen molar-refractivity contribution in [1.29, 1.82) is 0 Å². The van der Waals surface area contributed by atoms with Crippen LogP contribution in [0.15, 0.2) is 158 Å². The standard InChI is InChI=1S/C40H26N2S/c1-3-13-29(14-4-1)41(31-20-19-27-11-7-8-12-28(27)25-31)32-21-22-35-34(26-32)39-36(42(35)30-15-5-2-6-16-30)23-24-38-40(39)33-17-9-10-18-37(33)43-38/h1-26H. The molecule has 0 N–H and O–H groups in total. The van der Waals surface area contributed by atoms with E-state index in [0.717, 1.165) is 17.1 Å². The molecule has 7 aromatic carbocycles. The minimum atomic E-state index is 1.13. The van der Waals surface area contributed by atoms with Crippen molar-refractivity contribution in [3.63, 3.8) is 0 Å². The number of fused-ring (bicyclic) bond motifs is 8. The molecule has 0 aliphatic heterocycles. The highest BCUT2D eigenvalue weighted by molar-refractivity contribution is 7.26. The Morgan fingerprint density at radius 2 is 1.09 bits per heavy atom. The van der Waals surface area contributed by atoms with Crippen molar-refractivity contribution in [2.24, 2.45) is 0 Å². The van der Waals surface area contributed by atoms with E-state index in [-0.39, 0.29) is 0 Å². The van der Waals surface area contributed by atoms with Crippen LogP contribution < -0.4 is 4.90 Å². The van der Waals surface area contributed by atoms with Gasteiger partial charge in [-0.3, -0.25) is 0 Å². The fourth-order valence-corrected chi connectivity index (χ4v) is 7.76. The number of hydrogen-bond acceptors (Lipinski definition) is 2. The maximum absolute atomic E-state index is 2.42. The summed E-state index contributed by atoms with van der Waals surface area (Å²) in [7, 11) is 0. The Morgan fingerprint density at radius 3 is 1.95 bits per heavy atom. The smallest absolute Gasteiger partial charge is 0.0548 e. The van der Waals surface area contributed by atoms with Crippen molar-refractivity contribution in [2.75, 3.05) is 4.90 Å². The normalized spacial score (nSPS) is 11.7. The van der Waals surface area contributed by atoms with Crippen molar-refractivity contribution in [3.05, 3.63) is 158 Å². The molecule has 2 aromatic heterocycles. The average Bonchev–Trinajstić information content (AvgIpc) is 3.61. The van der Waals surface area contributed by atoms with Gasteiger partial charge in [0.2, 0.25) is 0 Å². The summed E-state index contributed by atoms with van der Waals surface area (Å²) in [6.45, 7) is 0. The molecule has 0 bridgehead atoms. The Kier molecular flexibility index (Phi) is 5.40. The van der Waals surface area contributed by atoms with Gasteiger partial charge in [-0.1, -0.05) is 84.9 Å². The quantitative estimate of drug-likeness (QED) is 0.206. The molecule has 2 heterocycles. The molecule has 43 heavy (non-hydrogen) atoms. The molecular weight excluding hydrogens is 541 g/mol. The molecule has 0 saturated heterocycles. The number of nitrogens with zero attached hydrogens (tertiary/aromatic N) is 2. The zero-order chi connectivity index (χ0) is 28.3. The largest absolute Gasteiger partial charge is 0.310 e. The number of aromatic nitrogens is 1. The summed E-state index contributed by atoms with van der Waals surface area (Å²) < 4.78 is 5.06. The van der Waals surface area contributed by atoms with Crippen LogP contribution >= 0.6 is 11.3 Å². The van der Waals surface area contributed by atoms with Crippen LogP contribution in [0, 0.1) is 0 Å². The van der Waals surface area contributed by atoms with Crippen LogP contribution in [0.1, 0.15) is 0 Å². The van der Waals surface area contributed by atoms with E-state index in [1.54, 1.807) is 0 Å². The summed E-state index contributed by atoms with van der Waals surface area (Å²) in [6.07, 6.45) is 0. The maximum Gasteiger partial charge on any atom is 0.0548 e. The van der Waals surface area contributed by atoms with Crippen molar-refractivity contribution in [3.8, 4) is 5.69 Å². The number of thiophene rings is 1. The van der Waals surface area contributed by atoms with Crippen molar-refractivity contribution >= 4 is 81.1 Å². The predicted molar refractivity (Wildman–Crippen MR) is 186 cm³/mol. The third-order valence-corrected chi connectivity index (χ3v) is 9.67. The molecule has 0 saturated carbocycles. The summed E-state index contributed by atoms with van der Waals surface area (Å²) >= 11 is 1.88. The van der Waals surface area contributed by atoms with E-state index in [4.69, 9.17) is 0 Å². The first-order valence-corrected chi connectivity index (χ1v) is 15.4. The minimum Gasteiger partial charge on any atom is -0.310 e. The van der Waals surface area contributed by atoms with Gasteiger partial charge >= 0.3 is 0 Å². The molecule has 0 aliphatic carbocycles. The van der Waals surface area contributed by atoms with Gasteiger partial charge in [0, 0.05) is 53.7 Å². The summed E-state index contributed by atoms with van der Waals surface area (Å²) in [5.41, 5.74) is 7.02. The van der Waals surface area contributed by atoms with Gasteiger partial charge in [0.15, 0.2) is 0 Å². The molecule has 3 heteroatoms. The molecule has 202 valence electrons. The van der Waals surface area contributed by atoms with Crippen LogP contribution in [0.3, 0.4) is 0 Å². The highest BCUT2D eigenvalue weighted by Crippen LogP contribution is 2.45. The summed E-state index contributed by atoms with van der Waals surface area (Å²) in [5, 5.41) is 7.70. The summed E-state index contributed by atoms with van der Waals surface area (Å²) in [6, 6.07) is 57.1. The van der Waals surface area contributed by atoms with Crippen molar-refractivity contribution < 1.29 is 0 Å². The fourth-order valence-electron chi connectivity index (χ4n) is 6.65. The van der Waals surface area contributed by atoms with Crippen LogP contribution in [-0.4, -0.2) is 4.57 Å². The van der Waals surface area contributed by atoms with E-state index in [1.807, 2.05) is 11.3 Å². The second-order valence-electron chi connectivity index (χ2n) is 11.0. The molecule has 2 nitrogen and oxygen atoms in total. The number of benzene rings is 7. The third kappa shape index (κ3) is 3.79. The zero-order valence-corrected chi connectivity index (χ0v) is 24.1. The number of anilines is 3. The highest BCUT2D eigenvalue weighted by atomic mass is 32.1. The zero-order valence-electron chi connectivity index (χ0n) is 23.3. The lowest BCUT2D eigenvalue weighted by molar-refractivity contribution is 1.18. The first-order chi connectivity index (χ1) is 21.3. The van der Waals surface area contributed by atoms with Crippen molar-refractivity contribution in [1.82, 2.24) is 4.57 Å². The average molecular weight is 567 g/mol. The molecule has 0 radical (unpaired) electrons. The first kappa shape index (κ1) is 24.2. The van der Waals surface area contributed by atoms with Crippen LogP contribution in [0.2, 0.25) is 0 Å². The van der Waals surface area contributed by atoms with Crippen LogP contribution in [0.25, 0.3) is 58.4 Å². The lowest BCUT2D eigenvalue weighted by atomic mass is 10.0. The van der Waals surface area contributed by atoms with E-state index in [9.17, 15) is 0 Å². The number of rotatable bonds is 4. The van der Waals surface area contributed by atoms with Gasteiger partial charge in [-0.2, -0.15) is 0 Å². The van der Waals surface area contributed by atoms with E-state index in [1.165, 1.54) is 58.4 Å². The second kappa shape index (κ2) is 9.59. The first-order valence-electron chi connectivity index (χ1n) is 14.6. The van der Waals surface area contributed by atoms with E-state index in [0.29, 0.717) is 0 Å². The molecule has 0 atom stereocenters. The van der Waals surface area contributed by atoms with E-state index >= 15 is 0 Å². The van der Waals surface area contributed by atoms with E-state index in [2.05, 4.69) is 167 Å². The van der Waals surface area contributed by atoms with Gasteiger partial charge in [0.1, 0.15) is 0 Å². The molecule has 0 spiro atoms. The Labute approximate surface area is 253 Å².